The summed E-state index contributed by atoms with van der Waals surface area (Å²) in [7, 11) is 0. The van der Waals surface area contributed by atoms with E-state index in [1.807, 2.05) is 24.3 Å². The highest BCUT2D eigenvalue weighted by atomic mass is 79.9. The van der Waals surface area contributed by atoms with Gasteiger partial charge in [0.15, 0.2) is 0 Å². The van der Waals surface area contributed by atoms with Crippen LogP contribution in [0.15, 0.2) is 59.1 Å². The van der Waals surface area contributed by atoms with E-state index in [1.54, 1.807) is 18.2 Å². The third kappa shape index (κ3) is 6.44. The number of amides is 2. The molecule has 0 saturated carbocycles. The molecule has 3 rings (SSSR count). The second kappa shape index (κ2) is 10.4. The molecular weight excluding hydrogens is 422 g/mol. The maximum atomic E-state index is 12.1. The molecule has 6 nitrogen and oxygen atoms in total. The van der Waals surface area contributed by atoms with Crippen LogP contribution >= 0.6 is 15.9 Å². The van der Waals surface area contributed by atoms with Crippen molar-refractivity contribution in [2.45, 2.75) is 12.6 Å². The fourth-order valence-corrected chi connectivity index (χ4v) is 3.47. The number of nitrogens with one attached hydrogen (secondary N) is 2. The number of rotatable bonds is 7. The number of benzene rings is 2. The van der Waals surface area contributed by atoms with E-state index < -0.39 is 0 Å². The van der Waals surface area contributed by atoms with Crippen LogP contribution in [0.5, 0.6) is 0 Å². The molecule has 2 aromatic carbocycles. The molecule has 2 amide bonds. The lowest BCUT2D eigenvalue weighted by Crippen LogP contribution is -2.48. The minimum Gasteiger partial charge on any atom is -0.374 e. The average Bonchev–Trinajstić information content (AvgIpc) is 2.71. The number of carbonyl (C=O) groups excluding carboxylic acids is 2. The number of morpholine rings is 1. The second-order valence-electron chi connectivity index (χ2n) is 6.71. The summed E-state index contributed by atoms with van der Waals surface area (Å²) >= 11 is 3.33. The molecule has 1 aliphatic rings. The molecule has 2 N–H and O–H groups in total. The molecule has 28 heavy (non-hydrogen) atoms. The lowest BCUT2D eigenvalue weighted by Gasteiger charge is -2.33. The number of carbonyl (C=O) groups is 2. The Morgan fingerprint density at radius 3 is 2.71 bits per heavy atom. The van der Waals surface area contributed by atoms with Crippen LogP contribution < -0.4 is 10.6 Å². The van der Waals surface area contributed by atoms with E-state index in [9.17, 15) is 9.59 Å². The maximum absolute atomic E-state index is 12.1. The fourth-order valence-electron chi connectivity index (χ4n) is 3.07. The molecule has 1 heterocycles. The molecule has 1 atom stereocenters. The topological polar surface area (TPSA) is 70.7 Å². The molecule has 1 aliphatic heterocycles. The first-order valence-electron chi connectivity index (χ1n) is 9.28. The van der Waals surface area contributed by atoms with E-state index in [-0.39, 0.29) is 24.5 Å². The number of ether oxygens (including phenoxy) is 1. The maximum Gasteiger partial charge on any atom is 0.251 e. The van der Waals surface area contributed by atoms with E-state index in [0.717, 1.165) is 24.1 Å². The Hall–Kier alpha value is -2.22. The SMILES string of the molecule is O=C(CNC(=O)c1cccc(Br)c1)NCC1CN(Cc2ccccc2)CCO1. The second-order valence-corrected chi connectivity index (χ2v) is 7.63. The van der Waals surface area contributed by atoms with Crippen molar-refractivity contribution in [2.24, 2.45) is 0 Å². The van der Waals surface area contributed by atoms with E-state index >= 15 is 0 Å². The summed E-state index contributed by atoms with van der Waals surface area (Å²) in [6, 6.07) is 17.3. The molecule has 0 aromatic heterocycles. The van der Waals surface area contributed by atoms with E-state index in [2.05, 4.69) is 43.6 Å². The minimum atomic E-state index is -0.278. The zero-order valence-electron chi connectivity index (χ0n) is 15.6. The van der Waals surface area contributed by atoms with Crippen LogP contribution in [0.4, 0.5) is 0 Å². The predicted molar refractivity (Wildman–Crippen MR) is 111 cm³/mol. The molecule has 1 fully saturated rings. The van der Waals surface area contributed by atoms with Gasteiger partial charge in [-0.25, -0.2) is 0 Å². The highest BCUT2D eigenvalue weighted by molar-refractivity contribution is 9.10. The number of halogens is 1. The van der Waals surface area contributed by atoms with Gasteiger partial charge in [0, 0.05) is 36.2 Å². The van der Waals surface area contributed by atoms with Crippen molar-refractivity contribution in [2.75, 3.05) is 32.8 Å². The predicted octanol–water partition coefficient (Wildman–Crippen LogP) is 2.20. The highest BCUT2D eigenvalue weighted by Gasteiger charge is 2.21. The monoisotopic (exact) mass is 445 g/mol. The minimum absolute atomic E-state index is 0.0535. The Morgan fingerprint density at radius 2 is 1.93 bits per heavy atom. The van der Waals surface area contributed by atoms with Crippen molar-refractivity contribution in [1.82, 2.24) is 15.5 Å². The van der Waals surface area contributed by atoms with Gasteiger partial charge in [0.1, 0.15) is 0 Å². The summed E-state index contributed by atoms with van der Waals surface area (Å²) in [6.45, 7) is 3.52. The first kappa shape index (κ1) is 20.5. The molecule has 0 spiro atoms. The van der Waals surface area contributed by atoms with Gasteiger partial charge in [-0.15, -0.1) is 0 Å². The Labute approximate surface area is 173 Å². The zero-order chi connectivity index (χ0) is 19.8. The van der Waals surface area contributed by atoms with Gasteiger partial charge in [0.25, 0.3) is 5.91 Å². The Balaban J connectivity index is 1.38. The van der Waals surface area contributed by atoms with E-state index in [4.69, 9.17) is 4.74 Å². The number of hydrogen-bond acceptors (Lipinski definition) is 4. The first-order valence-corrected chi connectivity index (χ1v) is 10.1. The van der Waals surface area contributed by atoms with Crippen LogP contribution in [0.3, 0.4) is 0 Å². The Bertz CT molecular complexity index is 800. The van der Waals surface area contributed by atoms with Crippen molar-refractivity contribution >= 4 is 27.7 Å². The summed E-state index contributed by atoms with van der Waals surface area (Å²) < 4.78 is 6.57. The highest BCUT2D eigenvalue weighted by Crippen LogP contribution is 2.11. The molecule has 7 heteroatoms. The molecule has 1 unspecified atom stereocenters. The number of hydrogen-bond donors (Lipinski definition) is 2. The molecule has 148 valence electrons. The number of nitrogens with zero attached hydrogens (tertiary/aromatic N) is 1. The third-order valence-corrected chi connectivity index (χ3v) is 4.99. The van der Waals surface area contributed by atoms with Gasteiger partial charge in [-0.05, 0) is 23.8 Å². The lowest BCUT2D eigenvalue weighted by molar-refractivity contribution is -0.121. The smallest absolute Gasteiger partial charge is 0.251 e. The molecular formula is C21H24BrN3O3. The quantitative estimate of drug-likeness (QED) is 0.685. The average molecular weight is 446 g/mol. The summed E-state index contributed by atoms with van der Waals surface area (Å²) in [4.78, 5) is 26.5. The van der Waals surface area contributed by atoms with Crippen molar-refractivity contribution in [3.63, 3.8) is 0 Å². The largest absolute Gasteiger partial charge is 0.374 e. The van der Waals surface area contributed by atoms with Crippen LogP contribution in [0, 0.1) is 0 Å². The Kier molecular flexibility index (Phi) is 7.59. The molecule has 2 aromatic rings. The van der Waals surface area contributed by atoms with Crippen molar-refractivity contribution in [3.8, 4) is 0 Å². The van der Waals surface area contributed by atoms with Gasteiger partial charge in [-0.2, -0.15) is 0 Å². The van der Waals surface area contributed by atoms with Crippen LogP contribution in [0.25, 0.3) is 0 Å². The van der Waals surface area contributed by atoms with Crippen molar-refractivity contribution < 1.29 is 14.3 Å². The summed E-state index contributed by atoms with van der Waals surface area (Å²) in [5.74, 6) is -0.508. The van der Waals surface area contributed by atoms with Crippen molar-refractivity contribution in [1.29, 1.82) is 0 Å². The standard InChI is InChI=1S/C21H24BrN3O3/c22-18-8-4-7-17(11-18)21(27)24-13-20(26)23-12-19-15-25(9-10-28-19)14-16-5-2-1-3-6-16/h1-8,11,19H,9-10,12-15H2,(H,23,26)(H,24,27). The normalized spacial score (nSPS) is 17.1. The lowest BCUT2D eigenvalue weighted by atomic mass is 10.2. The van der Waals surface area contributed by atoms with Crippen LogP contribution in [0.1, 0.15) is 15.9 Å². The first-order chi connectivity index (χ1) is 13.6. The van der Waals surface area contributed by atoms with Gasteiger partial charge >= 0.3 is 0 Å². The third-order valence-electron chi connectivity index (χ3n) is 4.50. The zero-order valence-corrected chi connectivity index (χ0v) is 17.2. The summed E-state index contributed by atoms with van der Waals surface area (Å²) in [5, 5.41) is 5.47. The molecule has 0 aliphatic carbocycles. The van der Waals surface area contributed by atoms with E-state index in [1.165, 1.54) is 5.56 Å². The van der Waals surface area contributed by atoms with Crippen LogP contribution in [-0.4, -0.2) is 55.6 Å². The summed E-state index contributed by atoms with van der Waals surface area (Å²) in [6.07, 6.45) is -0.0535. The van der Waals surface area contributed by atoms with Crippen LogP contribution in [0.2, 0.25) is 0 Å². The fraction of sp³-hybridized carbons (Fsp3) is 0.333. The Morgan fingerprint density at radius 1 is 1.11 bits per heavy atom. The molecule has 0 bridgehead atoms. The van der Waals surface area contributed by atoms with Crippen molar-refractivity contribution in [3.05, 3.63) is 70.2 Å². The summed E-state index contributed by atoms with van der Waals surface area (Å²) in [5.41, 5.74) is 1.77. The van der Waals surface area contributed by atoms with Gasteiger partial charge < -0.3 is 15.4 Å². The van der Waals surface area contributed by atoms with Gasteiger partial charge in [0.05, 0.1) is 19.3 Å². The van der Waals surface area contributed by atoms with Gasteiger partial charge in [-0.3, -0.25) is 14.5 Å². The molecule has 0 radical (unpaired) electrons. The molecule has 1 saturated heterocycles. The van der Waals surface area contributed by atoms with Gasteiger partial charge in [0.2, 0.25) is 5.91 Å². The van der Waals surface area contributed by atoms with E-state index in [0.29, 0.717) is 18.7 Å². The van der Waals surface area contributed by atoms with Gasteiger partial charge in [-0.1, -0.05) is 52.3 Å². The van der Waals surface area contributed by atoms with Crippen LogP contribution in [-0.2, 0) is 16.1 Å².